The van der Waals surface area contributed by atoms with Crippen molar-refractivity contribution < 1.29 is 5.11 Å². The minimum atomic E-state index is -0.530. The number of rotatable bonds is 6. The Balaban J connectivity index is 2.09. The minimum absolute atomic E-state index is 0.530. The SMILES string of the molecule is CCC(C)(O)CNC(C)CC1CC1. The minimum Gasteiger partial charge on any atom is -0.389 e. The lowest BCUT2D eigenvalue weighted by molar-refractivity contribution is 0.0529. The molecule has 0 aromatic carbocycles. The van der Waals surface area contributed by atoms with Gasteiger partial charge < -0.3 is 10.4 Å². The van der Waals surface area contributed by atoms with E-state index >= 15 is 0 Å². The molecule has 1 saturated carbocycles. The highest BCUT2D eigenvalue weighted by Gasteiger charge is 2.24. The highest BCUT2D eigenvalue weighted by molar-refractivity contribution is 4.80. The lowest BCUT2D eigenvalue weighted by atomic mass is 10.0. The molecular weight excluding hydrogens is 162 g/mol. The average Bonchev–Trinajstić information content (AvgIpc) is 2.85. The molecule has 2 unspecified atom stereocenters. The van der Waals surface area contributed by atoms with Gasteiger partial charge in [0.25, 0.3) is 0 Å². The summed E-state index contributed by atoms with van der Waals surface area (Å²) < 4.78 is 0. The Kier molecular flexibility index (Phi) is 3.74. The lowest BCUT2D eigenvalue weighted by Gasteiger charge is -2.24. The molecule has 2 N–H and O–H groups in total. The van der Waals surface area contributed by atoms with Crippen LogP contribution in [-0.2, 0) is 0 Å². The second-order valence-electron chi connectivity index (χ2n) is 4.81. The molecule has 1 fully saturated rings. The molecule has 0 saturated heterocycles. The van der Waals surface area contributed by atoms with Crippen LogP contribution in [0.3, 0.4) is 0 Å². The molecule has 1 aliphatic rings. The first-order valence-corrected chi connectivity index (χ1v) is 5.49. The van der Waals surface area contributed by atoms with Gasteiger partial charge in [0.2, 0.25) is 0 Å². The van der Waals surface area contributed by atoms with Crippen molar-refractivity contribution in [1.29, 1.82) is 0 Å². The second kappa shape index (κ2) is 4.43. The summed E-state index contributed by atoms with van der Waals surface area (Å²) >= 11 is 0. The molecule has 0 bridgehead atoms. The van der Waals surface area contributed by atoms with Gasteiger partial charge in [0.1, 0.15) is 0 Å². The van der Waals surface area contributed by atoms with Crippen LogP contribution in [0.4, 0.5) is 0 Å². The quantitative estimate of drug-likeness (QED) is 0.662. The van der Waals surface area contributed by atoms with Crippen molar-refractivity contribution in [3.8, 4) is 0 Å². The van der Waals surface area contributed by atoms with Gasteiger partial charge in [-0.3, -0.25) is 0 Å². The van der Waals surface area contributed by atoms with E-state index < -0.39 is 5.60 Å². The Morgan fingerprint density at radius 1 is 1.54 bits per heavy atom. The van der Waals surface area contributed by atoms with Crippen molar-refractivity contribution in [2.75, 3.05) is 6.54 Å². The molecule has 0 aromatic rings. The van der Waals surface area contributed by atoms with Gasteiger partial charge in [-0.05, 0) is 32.6 Å². The molecule has 2 atom stereocenters. The molecule has 1 aliphatic carbocycles. The van der Waals surface area contributed by atoms with Crippen LogP contribution in [0.5, 0.6) is 0 Å². The van der Waals surface area contributed by atoms with Gasteiger partial charge in [-0.15, -0.1) is 0 Å². The fraction of sp³-hybridized carbons (Fsp3) is 1.00. The van der Waals surface area contributed by atoms with Crippen molar-refractivity contribution in [2.24, 2.45) is 5.92 Å². The number of hydrogen-bond donors (Lipinski definition) is 2. The van der Waals surface area contributed by atoms with Gasteiger partial charge in [0.05, 0.1) is 5.60 Å². The van der Waals surface area contributed by atoms with Crippen LogP contribution < -0.4 is 5.32 Å². The first kappa shape index (κ1) is 11.0. The molecule has 0 amide bonds. The predicted molar refractivity (Wildman–Crippen MR) is 55.7 cm³/mol. The molecule has 78 valence electrons. The normalized spacial score (nSPS) is 24.0. The van der Waals surface area contributed by atoms with Gasteiger partial charge >= 0.3 is 0 Å². The fourth-order valence-electron chi connectivity index (χ4n) is 1.46. The Morgan fingerprint density at radius 3 is 2.62 bits per heavy atom. The maximum atomic E-state index is 9.76. The fourth-order valence-corrected chi connectivity index (χ4v) is 1.46. The van der Waals surface area contributed by atoms with Crippen molar-refractivity contribution in [3.63, 3.8) is 0 Å². The summed E-state index contributed by atoms with van der Waals surface area (Å²) in [6.07, 6.45) is 4.92. The smallest absolute Gasteiger partial charge is 0.0741 e. The zero-order valence-electron chi connectivity index (χ0n) is 9.14. The summed E-state index contributed by atoms with van der Waals surface area (Å²) in [6.45, 7) is 6.85. The average molecular weight is 185 g/mol. The van der Waals surface area contributed by atoms with Crippen LogP contribution in [-0.4, -0.2) is 23.3 Å². The largest absolute Gasteiger partial charge is 0.389 e. The third-order valence-electron chi connectivity index (χ3n) is 2.98. The summed E-state index contributed by atoms with van der Waals surface area (Å²) in [7, 11) is 0. The first-order chi connectivity index (χ1) is 6.03. The van der Waals surface area contributed by atoms with Gasteiger partial charge in [0, 0.05) is 12.6 Å². The van der Waals surface area contributed by atoms with Crippen molar-refractivity contribution >= 4 is 0 Å². The Labute approximate surface area is 81.7 Å². The maximum absolute atomic E-state index is 9.76. The molecule has 13 heavy (non-hydrogen) atoms. The van der Waals surface area contributed by atoms with Crippen LogP contribution in [0.1, 0.15) is 46.5 Å². The Hall–Kier alpha value is -0.0800. The van der Waals surface area contributed by atoms with E-state index in [-0.39, 0.29) is 0 Å². The van der Waals surface area contributed by atoms with Crippen molar-refractivity contribution in [2.45, 2.75) is 58.1 Å². The third-order valence-corrected chi connectivity index (χ3v) is 2.98. The second-order valence-corrected chi connectivity index (χ2v) is 4.81. The van der Waals surface area contributed by atoms with E-state index in [1.807, 2.05) is 13.8 Å². The molecule has 0 radical (unpaired) electrons. The molecule has 0 spiro atoms. The first-order valence-electron chi connectivity index (χ1n) is 5.49. The Morgan fingerprint density at radius 2 is 2.15 bits per heavy atom. The summed E-state index contributed by atoms with van der Waals surface area (Å²) in [5, 5.41) is 13.2. The molecular formula is C11H23NO. The Bertz CT molecular complexity index is 152. The molecule has 2 heteroatoms. The highest BCUT2D eigenvalue weighted by atomic mass is 16.3. The third kappa shape index (κ3) is 4.63. The van der Waals surface area contributed by atoms with Crippen LogP contribution in [0.2, 0.25) is 0 Å². The van der Waals surface area contributed by atoms with E-state index in [4.69, 9.17) is 0 Å². The number of aliphatic hydroxyl groups is 1. The van der Waals surface area contributed by atoms with Crippen molar-refractivity contribution in [3.05, 3.63) is 0 Å². The van der Waals surface area contributed by atoms with E-state index in [9.17, 15) is 5.11 Å². The lowest BCUT2D eigenvalue weighted by Crippen LogP contribution is -2.41. The zero-order chi connectivity index (χ0) is 9.90. The summed E-state index contributed by atoms with van der Waals surface area (Å²) in [6, 6.07) is 0.561. The van der Waals surface area contributed by atoms with E-state index in [0.717, 1.165) is 18.9 Å². The van der Waals surface area contributed by atoms with Crippen LogP contribution >= 0.6 is 0 Å². The summed E-state index contributed by atoms with van der Waals surface area (Å²) in [4.78, 5) is 0. The number of hydrogen-bond acceptors (Lipinski definition) is 2. The molecule has 1 rings (SSSR count). The highest BCUT2D eigenvalue weighted by Crippen LogP contribution is 2.33. The standard InChI is InChI=1S/C11H23NO/c1-4-11(3,13)8-12-9(2)7-10-5-6-10/h9-10,12-13H,4-8H2,1-3H3. The molecule has 2 nitrogen and oxygen atoms in total. The van der Waals surface area contributed by atoms with Crippen LogP contribution in [0.15, 0.2) is 0 Å². The van der Waals surface area contributed by atoms with Gasteiger partial charge in [-0.1, -0.05) is 19.8 Å². The van der Waals surface area contributed by atoms with Crippen LogP contribution in [0.25, 0.3) is 0 Å². The van der Waals surface area contributed by atoms with Gasteiger partial charge in [0.15, 0.2) is 0 Å². The van der Waals surface area contributed by atoms with E-state index in [2.05, 4.69) is 12.2 Å². The number of nitrogens with one attached hydrogen (secondary N) is 1. The predicted octanol–water partition coefficient (Wildman–Crippen LogP) is 1.93. The zero-order valence-corrected chi connectivity index (χ0v) is 9.14. The maximum Gasteiger partial charge on any atom is 0.0741 e. The topological polar surface area (TPSA) is 32.3 Å². The van der Waals surface area contributed by atoms with Crippen molar-refractivity contribution in [1.82, 2.24) is 5.32 Å². The van der Waals surface area contributed by atoms with Crippen LogP contribution in [0, 0.1) is 5.92 Å². The van der Waals surface area contributed by atoms with E-state index in [0.29, 0.717) is 6.04 Å². The van der Waals surface area contributed by atoms with Gasteiger partial charge in [-0.25, -0.2) is 0 Å². The van der Waals surface area contributed by atoms with Gasteiger partial charge in [-0.2, -0.15) is 0 Å². The molecule has 0 heterocycles. The molecule has 0 aromatic heterocycles. The van der Waals surface area contributed by atoms with E-state index in [1.54, 1.807) is 0 Å². The summed E-state index contributed by atoms with van der Waals surface area (Å²) in [5.74, 6) is 0.967. The molecule has 0 aliphatic heterocycles. The monoisotopic (exact) mass is 185 g/mol. The van der Waals surface area contributed by atoms with E-state index in [1.165, 1.54) is 19.3 Å². The summed E-state index contributed by atoms with van der Waals surface area (Å²) in [5.41, 5.74) is -0.530.